The van der Waals surface area contributed by atoms with Crippen LogP contribution in [0, 0.1) is 11.8 Å². The van der Waals surface area contributed by atoms with Crippen LogP contribution in [0.15, 0.2) is 29.1 Å². The molecule has 0 radical (unpaired) electrons. The van der Waals surface area contributed by atoms with E-state index in [1.165, 1.54) is 10.1 Å². The third kappa shape index (κ3) is 14.6. The molecule has 1 aromatic carbocycles. The number of aromatic nitrogens is 4. The van der Waals surface area contributed by atoms with E-state index in [0.29, 0.717) is 62.6 Å². The van der Waals surface area contributed by atoms with Crippen molar-refractivity contribution in [2.24, 2.45) is 23.5 Å². The molecule has 1 fully saturated rings. The second-order valence-corrected chi connectivity index (χ2v) is 15.6. The number of fused-ring (bicyclic) bond motifs is 1. The minimum Gasteiger partial charge on any atom is -0.463 e. The highest BCUT2D eigenvalue weighted by Gasteiger charge is 2.27. The third-order valence-electron chi connectivity index (χ3n) is 10.6. The van der Waals surface area contributed by atoms with E-state index < -0.39 is 29.9 Å². The first kappa shape index (κ1) is 46.6. The minimum atomic E-state index is -0.891. The summed E-state index contributed by atoms with van der Waals surface area (Å²) in [4.78, 5) is 81.5. The number of piperidine rings is 1. The van der Waals surface area contributed by atoms with E-state index in [2.05, 4.69) is 65.0 Å². The molecule has 19 nitrogen and oxygen atoms in total. The number of H-pyrrole nitrogens is 1. The number of nitrogens with two attached hydrogens (primary N) is 3. The number of unbranched alkanes of at least 4 members (excludes halogenated alkanes) is 2. The maximum atomic E-state index is 13.4. The maximum Gasteiger partial charge on any atom is 0.328 e. The van der Waals surface area contributed by atoms with Crippen molar-refractivity contribution in [3.63, 3.8) is 0 Å². The molecule has 0 bridgehead atoms. The first-order valence-corrected chi connectivity index (χ1v) is 20.7. The molecule has 3 heterocycles. The molecular formula is C40H64N12O7. The van der Waals surface area contributed by atoms with Crippen molar-refractivity contribution >= 4 is 40.6 Å². The van der Waals surface area contributed by atoms with Crippen LogP contribution in [0.2, 0.25) is 0 Å². The van der Waals surface area contributed by atoms with Crippen LogP contribution >= 0.6 is 0 Å². The highest BCUT2D eigenvalue weighted by Crippen LogP contribution is 2.23. The first-order valence-electron chi connectivity index (χ1n) is 20.7. The molecule has 4 amide bonds. The van der Waals surface area contributed by atoms with Gasteiger partial charge in [-0.25, -0.2) is 10.7 Å². The van der Waals surface area contributed by atoms with E-state index >= 15 is 0 Å². The lowest BCUT2D eigenvalue weighted by molar-refractivity contribution is -0.132. The Morgan fingerprint density at radius 1 is 0.915 bits per heavy atom. The average molecular weight is 825 g/mol. The molecule has 1 saturated heterocycles. The number of rotatable bonds is 24. The van der Waals surface area contributed by atoms with Crippen molar-refractivity contribution in [3.8, 4) is 6.01 Å². The van der Waals surface area contributed by atoms with Crippen LogP contribution in [0.25, 0.3) is 11.2 Å². The zero-order valence-electron chi connectivity index (χ0n) is 34.9. The molecule has 1 aliphatic heterocycles. The molecule has 59 heavy (non-hydrogen) atoms. The number of aromatic amines is 1. The zero-order valence-corrected chi connectivity index (χ0v) is 34.9. The van der Waals surface area contributed by atoms with Crippen LogP contribution in [0.5, 0.6) is 6.01 Å². The van der Waals surface area contributed by atoms with Gasteiger partial charge in [0.25, 0.3) is 0 Å². The van der Waals surface area contributed by atoms with E-state index in [1.54, 1.807) is 6.92 Å². The largest absolute Gasteiger partial charge is 0.463 e. The topological polar surface area (TPSA) is 280 Å². The Labute approximate surface area is 345 Å². The number of ether oxygens (including phenoxy) is 1. The van der Waals surface area contributed by atoms with Gasteiger partial charge in [0.05, 0.1) is 19.2 Å². The van der Waals surface area contributed by atoms with Crippen molar-refractivity contribution in [1.82, 2.24) is 45.7 Å². The predicted molar refractivity (Wildman–Crippen MR) is 223 cm³/mol. The third-order valence-corrected chi connectivity index (χ3v) is 10.6. The van der Waals surface area contributed by atoms with Gasteiger partial charge in [0.15, 0.2) is 11.5 Å². The molecular weight excluding hydrogens is 761 g/mol. The summed E-state index contributed by atoms with van der Waals surface area (Å²) in [6.07, 6.45) is 6.07. The van der Waals surface area contributed by atoms with E-state index in [9.17, 15) is 24.0 Å². The fraction of sp³-hybridized carbons (Fsp3) is 0.625. The SMILES string of the molecule is CCCCOc1nc(N)c2[nH]c(=O)n(Cc3ccc(CN4CCC(CCNC(=O)C(CCCCNC(=O)CON)NC(=O)[C@H](C)NC(=O)[C@@H](N)C(C)C)CC4)cc3)c2n1. The lowest BCUT2D eigenvalue weighted by Crippen LogP contribution is -2.55. The Hall–Kier alpha value is -5.11. The first-order chi connectivity index (χ1) is 28.3. The van der Waals surface area contributed by atoms with Crippen molar-refractivity contribution < 1.29 is 28.8 Å². The molecule has 1 unspecified atom stereocenters. The predicted octanol–water partition coefficient (Wildman–Crippen LogP) is 0.797. The van der Waals surface area contributed by atoms with Gasteiger partial charge >= 0.3 is 11.7 Å². The summed E-state index contributed by atoms with van der Waals surface area (Å²) in [5, 5.41) is 11.1. The van der Waals surface area contributed by atoms with Gasteiger partial charge in [-0.15, -0.1) is 0 Å². The number of nitrogen functional groups attached to an aromatic ring is 1. The van der Waals surface area contributed by atoms with Crippen molar-refractivity contribution in [2.45, 2.75) is 110 Å². The summed E-state index contributed by atoms with van der Waals surface area (Å²) in [6, 6.07) is 5.87. The molecule has 326 valence electrons. The molecule has 19 heteroatoms. The maximum absolute atomic E-state index is 13.4. The van der Waals surface area contributed by atoms with Gasteiger partial charge in [-0.05, 0) is 87.9 Å². The number of anilines is 1. The standard InChI is InChI=1S/C40H64N12O7/c1-5-6-21-58-39-49-34(42)33-35(50-39)52(40(57)48-33)23-29-12-10-28(11-13-29)22-51-19-15-27(16-20-51)14-18-45-37(55)30(9-7-8-17-44-31(53)24-59-43)47-36(54)26(4)46-38(56)32(41)25(2)3/h10-13,25-27,30,32H,5-9,14-24,41,43H2,1-4H3,(H,44,53)(H,45,55)(H,46,56)(H,47,54)(H,48,57)(H2,42,49,50)/t26-,30?,32-/m0/s1. The summed E-state index contributed by atoms with van der Waals surface area (Å²) in [6.45, 7) is 11.3. The Morgan fingerprint density at radius 3 is 2.27 bits per heavy atom. The lowest BCUT2D eigenvalue weighted by Gasteiger charge is -2.32. The van der Waals surface area contributed by atoms with Crippen LogP contribution in [0.4, 0.5) is 5.82 Å². The number of benzene rings is 1. The van der Waals surface area contributed by atoms with Crippen LogP contribution in [0.3, 0.4) is 0 Å². The Bertz CT molecular complexity index is 1870. The molecule has 0 aliphatic carbocycles. The second-order valence-electron chi connectivity index (χ2n) is 15.6. The highest BCUT2D eigenvalue weighted by molar-refractivity contribution is 5.92. The number of likely N-dealkylation sites (tertiary alicyclic amines) is 1. The smallest absolute Gasteiger partial charge is 0.328 e. The van der Waals surface area contributed by atoms with E-state index in [1.807, 2.05) is 26.0 Å². The normalized spacial score (nSPS) is 15.1. The molecule has 4 rings (SSSR count). The van der Waals surface area contributed by atoms with Gasteiger partial charge in [-0.3, -0.25) is 33.5 Å². The zero-order chi connectivity index (χ0) is 42.9. The van der Waals surface area contributed by atoms with E-state index in [4.69, 9.17) is 22.1 Å². The highest BCUT2D eigenvalue weighted by atomic mass is 16.6. The number of hydrogen-bond donors (Lipinski definition) is 8. The minimum absolute atomic E-state index is 0.104. The van der Waals surface area contributed by atoms with Crippen molar-refractivity contribution in [3.05, 3.63) is 45.9 Å². The Balaban J connectivity index is 1.23. The lowest BCUT2D eigenvalue weighted by atomic mass is 9.93. The molecule has 0 saturated carbocycles. The van der Waals surface area contributed by atoms with E-state index in [0.717, 1.165) is 57.3 Å². The molecule has 11 N–H and O–H groups in total. The van der Waals surface area contributed by atoms with Gasteiger partial charge in [-0.1, -0.05) is 51.5 Å². The van der Waals surface area contributed by atoms with Crippen LogP contribution in [-0.2, 0) is 37.1 Å². The fourth-order valence-electron chi connectivity index (χ4n) is 6.77. The number of imidazole rings is 1. The summed E-state index contributed by atoms with van der Waals surface area (Å²) in [5.74, 6) is 3.87. The summed E-state index contributed by atoms with van der Waals surface area (Å²) >= 11 is 0. The summed E-state index contributed by atoms with van der Waals surface area (Å²) < 4.78 is 7.19. The molecule has 1 aliphatic rings. The molecule has 3 atom stereocenters. The summed E-state index contributed by atoms with van der Waals surface area (Å²) in [5.41, 5.74) is 14.6. The summed E-state index contributed by atoms with van der Waals surface area (Å²) in [7, 11) is 0. The van der Waals surface area contributed by atoms with Crippen LogP contribution in [0.1, 0.15) is 90.2 Å². The number of nitrogens with zero attached hydrogens (tertiary/aromatic N) is 4. The molecule has 2 aromatic heterocycles. The molecule has 0 spiro atoms. The number of hydrogen-bond acceptors (Lipinski definition) is 13. The average Bonchev–Trinajstić information content (AvgIpc) is 3.52. The van der Waals surface area contributed by atoms with Crippen molar-refractivity contribution in [1.29, 1.82) is 0 Å². The number of carbonyl (C=O) groups excluding carboxylic acids is 4. The monoisotopic (exact) mass is 825 g/mol. The van der Waals surface area contributed by atoms with Gasteiger partial charge in [0.1, 0.15) is 24.2 Å². The number of amides is 4. The fourth-order valence-corrected chi connectivity index (χ4v) is 6.77. The number of carbonyl (C=O) groups is 4. The van der Waals surface area contributed by atoms with E-state index in [-0.39, 0.29) is 41.9 Å². The quantitative estimate of drug-likeness (QED) is 0.0459. The second kappa shape index (κ2) is 23.5. The van der Waals surface area contributed by atoms with Crippen LogP contribution in [-0.4, -0.2) is 106 Å². The van der Waals surface area contributed by atoms with Crippen molar-refractivity contribution in [2.75, 3.05) is 45.1 Å². The van der Waals surface area contributed by atoms with Gasteiger partial charge in [-0.2, -0.15) is 9.97 Å². The number of nitrogens with one attached hydrogen (secondary N) is 5. The van der Waals surface area contributed by atoms with Gasteiger partial charge in [0.2, 0.25) is 23.6 Å². The van der Waals surface area contributed by atoms with Crippen LogP contribution < -0.4 is 49.1 Å². The Kier molecular flexibility index (Phi) is 18.5. The Morgan fingerprint density at radius 2 is 1.61 bits per heavy atom. The molecule has 3 aromatic rings. The van der Waals surface area contributed by atoms with Gasteiger partial charge < -0.3 is 42.5 Å². The van der Waals surface area contributed by atoms with Gasteiger partial charge in [0, 0.05) is 19.6 Å².